The number of aliphatic hydroxyl groups is 1. The summed E-state index contributed by atoms with van der Waals surface area (Å²) >= 11 is 0. The van der Waals surface area contributed by atoms with E-state index in [0.29, 0.717) is 12.0 Å². The summed E-state index contributed by atoms with van der Waals surface area (Å²) in [6.45, 7) is -2.87. The first-order valence-electron chi connectivity index (χ1n) is 7.82. The summed E-state index contributed by atoms with van der Waals surface area (Å²) in [6, 6.07) is 13.1. The van der Waals surface area contributed by atoms with Crippen molar-refractivity contribution < 1.29 is 23.4 Å². The van der Waals surface area contributed by atoms with Gasteiger partial charge < -0.3 is 15.2 Å². The van der Waals surface area contributed by atoms with E-state index in [1.54, 1.807) is 18.2 Å². The third-order valence-corrected chi connectivity index (χ3v) is 4.03. The number of amides is 1. The third-order valence-electron chi connectivity index (χ3n) is 4.03. The van der Waals surface area contributed by atoms with Gasteiger partial charge in [-0.3, -0.25) is 4.79 Å². The highest BCUT2D eigenvalue weighted by Gasteiger charge is 2.31. The lowest BCUT2D eigenvalue weighted by molar-refractivity contribution is -0.117. The van der Waals surface area contributed by atoms with Gasteiger partial charge in [0, 0.05) is 12.5 Å². The first-order valence-corrected chi connectivity index (χ1v) is 7.82. The number of rotatable bonds is 5. The fourth-order valence-electron chi connectivity index (χ4n) is 2.88. The lowest BCUT2D eigenvalue weighted by Crippen LogP contribution is -2.32. The second-order valence-corrected chi connectivity index (χ2v) is 5.74. The predicted molar refractivity (Wildman–Crippen MR) is 89.1 cm³/mol. The second-order valence-electron chi connectivity index (χ2n) is 5.74. The van der Waals surface area contributed by atoms with Crippen LogP contribution in [0.2, 0.25) is 0 Å². The van der Waals surface area contributed by atoms with Crippen LogP contribution in [0.1, 0.15) is 22.7 Å². The van der Waals surface area contributed by atoms with Gasteiger partial charge in [0.05, 0.1) is 12.1 Å². The van der Waals surface area contributed by atoms with Crippen molar-refractivity contribution in [2.75, 3.05) is 0 Å². The molecule has 0 unspecified atom stereocenters. The Bertz CT molecular complexity index is 774. The van der Waals surface area contributed by atoms with Crippen LogP contribution in [0.3, 0.4) is 0 Å². The maximum absolute atomic E-state index is 12.1. The molecule has 0 radical (unpaired) electrons. The van der Waals surface area contributed by atoms with Crippen LogP contribution < -0.4 is 10.1 Å². The van der Waals surface area contributed by atoms with Crippen molar-refractivity contribution in [2.45, 2.75) is 25.2 Å². The van der Waals surface area contributed by atoms with E-state index in [9.17, 15) is 18.7 Å². The zero-order chi connectivity index (χ0) is 17.8. The van der Waals surface area contributed by atoms with Crippen molar-refractivity contribution in [1.82, 2.24) is 5.32 Å². The van der Waals surface area contributed by atoms with Crippen LogP contribution in [0.25, 0.3) is 6.08 Å². The van der Waals surface area contributed by atoms with Crippen molar-refractivity contribution in [3.05, 3.63) is 71.3 Å². The SMILES string of the molecule is O=C(/C=C/c1ccc(OC(F)F)cc1)N[C@H]1c2ccccc2C[C@H]1O. The van der Waals surface area contributed by atoms with Crippen LogP contribution >= 0.6 is 0 Å². The summed E-state index contributed by atoms with van der Waals surface area (Å²) in [5.74, 6) is -0.282. The van der Waals surface area contributed by atoms with E-state index < -0.39 is 18.8 Å². The molecule has 4 nitrogen and oxygen atoms in total. The van der Waals surface area contributed by atoms with E-state index in [1.165, 1.54) is 18.2 Å². The molecule has 2 aromatic rings. The molecule has 0 spiro atoms. The number of alkyl halides is 2. The van der Waals surface area contributed by atoms with Crippen molar-refractivity contribution in [2.24, 2.45) is 0 Å². The van der Waals surface area contributed by atoms with Gasteiger partial charge in [0.25, 0.3) is 0 Å². The maximum Gasteiger partial charge on any atom is 0.387 e. The van der Waals surface area contributed by atoms with Crippen molar-refractivity contribution in [3.8, 4) is 5.75 Å². The number of benzene rings is 2. The molecular weight excluding hydrogens is 328 g/mol. The van der Waals surface area contributed by atoms with Gasteiger partial charge in [0.15, 0.2) is 0 Å². The quantitative estimate of drug-likeness (QED) is 0.819. The molecule has 0 saturated heterocycles. The van der Waals surface area contributed by atoms with E-state index in [1.807, 2.05) is 24.3 Å². The molecule has 6 heteroatoms. The topological polar surface area (TPSA) is 58.6 Å². The minimum Gasteiger partial charge on any atom is -0.435 e. The highest BCUT2D eigenvalue weighted by molar-refractivity contribution is 5.92. The van der Waals surface area contributed by atoms with Crippen molar-refractivity contribution in [3.63, 3.8) is 0 Å². The van der Waals surface area contributed by atoms with Gasteiger partial charge in [-0.2, -0.15) is 8.78 Å². The van der Waals surface area contributed by atoms with Gasteiger partial charge in [-0.25, -0.2) is 0 Å². The van der Waals surface area contributed by atoms with Gasteiger partial charge in [-0.05, 0) is 34.9 Å². The number of ether oxygens (including phenoxy) is 1. The first kappa shape index (κ1) is 17.1. The minimum atomic E-state index is -2.87. The highest BCUT2D eigenvalue weighted by Crippen LogP contribution is 2.31. The molecule has 0 aromatic heterocycles. The Kier molecular flexibility index (Phi) is 5.09. The molecular formula is C19H17F2NO3. The van der Waals surface area contributed by atoms with Crippen LogP contribution in [-0.2, 0) is 11.2 Å². The molecule has 0 bridgehead atoms. The fraction of sp³-hybridized carbons (Fsp3) is 0.211. The zero-order valence-electron chi connectivity index (χ0n) is 13.2. The lowest BCUT2D eigenvalue weighted by Gasteiger charge is -2.16. The van der Waals surface area contributed by atoms with Gasteiger partial charge >= 0.3 is 6.61 Å². The number of carbonyl (C=O) groups excluding carboxylic acids is 1. The molecule has 1 aliphatic carbocycles. The van der Waals surface area contributed by atoms with E-state index >= 15 is 0 Å². The van der Waals surface area contributed by atoms with Gasteiger partial charge in [-0.1, -0.05) is 36.4 Å². The number of aliphatic hydroxyl groups excluding tert-OH is 1. The maximum atomic E-state index is 12.1. The van der Waals surface area contributed by atoms with Gasteiger partial charge in [-0.15, -0.1) is 0 Å². The molecule has 3 rings (SSSR count). The van der Waals surface area contributed by atoms with E-state index in [0.717, 1.165) is 11.1 Å². The predicted octanol–water partition coefficient (Wildman–Crippen LogP) is 3.08. The van der Waals surface area contributed by atoms with E-state index in [4.69, 9.17) is 0 Å². The van der Waals surface area contributed by atoms with Crippen LogP contribution in [-0.4, -0.2) is 23.7 Å². The molecule has 0 saturated carbocycles. The molecule has 25 heavy (non-hydrogen) atoms. The molecule has 1 amide bonds. The van der Waals surface area contributed by atoms with Gasteiger partial charge in [0.1, 0.15) is 5.75 Å². The first-order chi connectivity index (χ1) is 12.0. The Labute approximate surface area is 143 Å². The zero-order valence-corrected chi connectivity index (χ0v) is 13.2. The monoisotopic (exact) mass is 345 g/mol. The molecule has 2 aromatic carbocycles. The Morgan fingerprint density at radius 2 is 1.92 bits per heavy atom. The van der Waals surface area contributed by atoms with E-state index in [2.05, 4.69) is 10.1 Å². The summed E-state index contributed by atoms with van der Waals surface area (Å²) in [5, 5.41) is 12.9. The van der Waals surface area contributed by atoms with Crippen LogP contribution in [0.5, 0.6) is 5.75 Å². The summed E-state index contributed by atoms with van der Waals surface area (Å²) in [7, 11) is 0. The molecule has 0 heterocycles. The molecule has 0 fully saturated rings. The largest absolute Gasteiger partial charge is 0.435 e. The smallest absolute Gasteiger partial charge is 0.387 e. The summed E-state index contributed by atoms with van der Waals surface area (Å²) in [4.78, 5) is 12.1. The lowest BCUT2D eigenvalue weighted by atomic mass is 10.1. The molecule has 1 aliphatic rings. The molecule has 2 atom stereocenters. The molecule has 130 valence electrons. The average molecular weight is 345 g/mol. The summed E-state index contributed by atoms with van der Waals surface area (Å²) in [6.07, 6.45) is 2.77. The fourth-order valence-corrected chi connectivity index (χ4v) is 2.88. The van der Waals surface area contributed by atoms with Crippen LogP contribution in [0, 0.1) is 0 Å². The van der Waals surface area contributed by atoms with Gasteiger partial charge in [0.2, 0.25) is 5.91 Å². The summed E-state index contributed by atoms with van der Waals surface area (Å²) in [5.41, 5.74) is 2.62. The highest BCUT2D eigenvalue weighted by atomic mass is 19.3. The Hall–Kier alpha value is -2.73. The number of fused-ring (bicyclic) bond motifs is 1. The number of hydrogen-bond acceptors (Lipinski definition) is 3. The Balaban J connectivity index is 1.62. The average Bonchev–Trinajstić information content (AvgIpc) is 2.89. The van der Waals surface area contributed by atoms with Crippen LogP contribution in [0.15, 0.2) is 54.6 Å². The minimum absolute atomic E-state index is 0.0577. The second kappa shape index (κ2) is 7.44. The van der Waals surface area contributed by atoms with E-state index in [-0.39, 0.29) is 11.7 Å². The van der Waals surface area contributed by atoms with Crippen molar-refractivity contribution >= 4 is 12.0 Å². The molecule has 2 N–H and O–H groups in total. The van der Waals surface area contributed by atoms with Crippen molar-refractivity contribution in [1.29, 1.82) is 0 Å². The Morgan fingerprint density at radius 1 is 1.20 bits per heavy atom. The normalized spacial score (nSPS) is 19.2. The summed E-state index contributed by atoms with van der Waals surface area (Å²) < 4.78 is 28.5. The number of halogens is 2. The third kappa shape index (κ3) is 4.22. The van der Waals surface area contributed by atoms with Crippen LogP contribution in [0.4, 0.5) is 8.78 Å². The molecule has 0 aliphatic heterocycles. The standard InChI is InChI=1S/C19H17F2NO3/c20-19(21)25-14-8-5-12(6-9-14)7-10-17(24)22-18-15-4-2-1-3-13(15)11-16(18)23/h1-10,16,18-19,23H,11H2,(H,22,24)/b10-7+/t16-,18+/m1/s1. The number of nitrogens with one attached hydrogen (secondary N) is 1. The number of hydrogen-bond donors (Lipinski definition) is 2. The Morgan fingerprint density at radius 3 is 2.64 bits per heavy atom. The number of carbonyl (C=O) groups is 1.